The minimum Gasteiger partial charge on any atom is -0.382 e. The number of nitrogens with zero attached hydrogens (tertiary/aromatic N) is 2. The first-order chi connectivity index (χ1) is 13.2. The predicted molar refractivity (Wildman–Crippen MR) is 110 cm³/mol. The van der Waals surface area contributed by atoms with E-state index in [-0.39, 0.29) is 12.0 Å². The Bertz CT molecular complexity index is 738. The lowest BCUT2D eigenvalue weighted by atomic mass is 10.2. The number of benzene rings is 1. The van der Waals surface area contributed by atoms with E-state index in [2.05, 4.69) is 34.4 Å². The molecule has 144 valence electrons. The summed E-state index contributed by atoms with van der Waals surface area (Å²) in [5.41, 5.74) is 3.18. The van der Waals surface area contributed by atoms with Gasteiger partial charge in [0, 0.05) is 49.5 Å². The topological polar surface area (TPSA) is 66.5 Å². The molecule has 1 atom stereocenters. The van der Waals surface area contributed by atoms with Gasteiger partial charge >= 0.3 is 0 Å². The Morgan fingerprint density at radius 1 is 1.19 bits per heavy atom. The average molecular weight is 368 g/mol. The highest BCUT2D eigenvalue weighted by atomic mass is 16.5. The average Bonchev–Trinajstić information content (AvgIpc) is 3.22. The lowest BCUT2D eigenvalue weighted by Gasteiger charge is -2.21. The first kappa shape index (κ1) is 19.2. The van der Waals surface area contributed by atoms with Gasteiger partial charge in [-0.3, -0.25) is 9.78 Å². The van der Waals surface area contributed by atoms with Crippen LogP contribution in [0.4, 0.5) is 17.1 Å². The third kappa shape index (κ3) is 5.20. The summed E-state index contributed by atoms with van der Waals surface area (Å²) in [6.07, 6.45) is 4.09. The van der Waals surface area contributed by atoms with Crippen LogP contribution in [-0.2, 0) is 4.74 Å². The molecule has 2 aromatic rings. The van der Waals surface area contributed by atoms with Gasteiger partial charge in [0.15, 0.2) is 0 Å². The van der Waals surface area contributed by atoms with Crippen molar-refractivity contribution in [3.05, 3.63) is 48.3 Å². The highest BCUT2D eigenvalue weighted by molar-refractivity contribution is 6.03. The summed E-state index contributed by atoms with van der Waals surface area (Å²) in [5.74, 6) is -0.216. The molecular weight excluding hydrogens is 340 g/mol. The molecule has 1 aromatic heterocycles. The van der Waals surface area contributed by atoms with Gasteiger partial charge in [-0.1, -0.05) is 0 Å². The lowest BCUT2D eigenvalue weighted by molar-refractivity contribution is 0.102. The molecule has 1 aliphatic heterocycles. The van der Waals surface area contributed by atoms with Crippen LogP contribution < -0.4 is 15.5 Å². The Morgan fingerprint density at radius 3 is 2.63 bits per heavy atom. The molecule has 0 bridgehead atoms. The molecule has 1 fully saturated rings. The lowest BCUT2D eigenvalue weighted by Crippen LogP contribution is -2.21. The molecule has 0 saturated carbocycles. The van der Waals surface area contributed by atoms with Crippen molar-refractivity contribution in [3.8, 4) is 0 Å². The molecule has 0 spiro atoms. The molecular formula is C21H28N4O2. The Balaban J connectivity index is 1.59. The number of amides is 1. The van der Waals surface area contributed by atoms with E-state index in [1.54, 1.807) is 12.3 Å². The summed E-state index contributed by atoms with van der Waals surface area (Å²) >= 11 is 0. The zero-order valence-electron chi connectivity index (χ0n) is 16.1. The summed E-state index contributed by atoms with van der Waals surface area (Å²) in [6, 6.07) is 11.5. The van der Waals surface area contributed by atoms with Crippen molar-refractivity contribution in [1.29, 1.82) is 0 Å². The molecule has 27 heavy (non-hydrogen) atoms. The van der Waals surface area contributed by atoms with E-state index in [9.17, 15) is 4.79 Å². The highest BCUT2D eigenvalue weighted by Crippen LogP contribution is 2.19. The monoisotopic (exact) mass is 368 g/mol. The first-order valence-electron chi connectivity index (χ1n) is 9.67. The van der Waals surface area contributed by atoms with Gasteiger partial charge in [0.2, 0.25) is 0 Å². The second-order valence-corrected chi connectivity index (χ2v) is 6.62. The van der Waals surface area contributed by atoms with Gasteiger partial charge < -0.3 is 20.3 Å². The van der Waals surface area contributed by atoms with E-state index in [0.717, 1.165) is 56.1 Å². The zero-order chi connectivity index (χ0) is 19.1. The van der Waals surface area contributed by atoms with Gasteiger partial charge in [-0.2, -0.15) is 0 Å². The van der Waals surface area contributed by atoms with E-state index >= 15 is 0 Å². The van der Waals surface area contributed by atoms with Crippen molar-refractivity contribution < 1.29 is 9.53 Å². The maximum absolute atomic E-state index is 12.5. The highest BCUT2D eigenvalue weighted by Gasteiger charge is 2.15. The number of carbonyl (C=O) groups is 1. The van der Waals surface area contributed by atoms with E-state index in [1.165, 1.54) is 0 Å². The van der Waals surface area contributed by atoms with Crippen molar-refractivity contribution in [2.45, 2.75) is 32.8 Å². The number of rotatable bonds is 8. The molecule has 1 saturated heterocycles. The molecule has 6 nitrogen and oxygen atoms in total. The SMILES string of the molecule is CCN(CC)c1ccc(NC(=O)c2cc(NCC3CCCO3)ccn2)cc1. The number of aromatic nitrogens is 1. The van der Waals surface area contributed by atoms with Crippen LogP contribution in [0.1, 0.15) is 37.2 Å². The summed E-state index contributed by atoms with van der Waals surface area (Å²) in [6.45, 7) is 7.76. The van der Waals surface area contributed by atoms with Gasteiger partial charge in [0.25, 0.3) is 5.91 Å². The maximum Gasteiger partial charge on any atom is 0.274 e. The second-order valence-electron chi connectivity index (χ2n) is 6.62. The standard InChI is InChI=1S/C21H28N4O2/c1-3-25(4-2)18-9-7-16(8-10-18)24-21(26)20-14-17(11-12-22-20)23-15-19-6-5-13-27-19/h7-12,14,19H,3-6,13,15H2,1-2H3,(H,22,23)(H,24,26). The summed E-state index contributed by atoms with van der Waals surface area (Å²) < 4.78 is 5.61. The minimum absolute atomic E-state index is 0.216. The molecule has 1 unspecified atom stereocenters. The maximum atomic E-state index is 12.5. The van der Waals surface area contributed by atoms with E-state index in [4.69, 9.17) is 4.74 Å². The summed E-state index contributed by atoms with van der Waals surface area (Å²) in [5, 5.41) is 6.24. The van der Waals surface area contributed by atoms with Crippen molar-refractivity contribution in [3.63, 3.8) is 0 Å². The fraction of sp³-hybridized carbons (Fsp3) is 0.429. The molecule has 1 aliphatic rings. The van der Waals surface area contributed by atoms with Crippen LogP contribution in [0.25, 0.3) is 0 Å². The quantitative estimate of drug-likeness (QED) is 0.742. The largest absolute Gasteiger partial charge is 0.382 e. The molecule has 3 rings (SSSR count). The fourth-order valence-corrected chi connectivity index (χ4v) is 3.24. The van der Waals surface area contributed by atoms with E-state index in [1.807, 2.05) is 30.3 Å². The molecule has 1 aromatic carbocycles. The Hall–Kier alpha value is -2.60. The van der Waals surface area contributed by atoms with Crippen molar-refractivity contribution in [2.75, 3.05) is 41.8 Å². The molecule has 1 amide bonds. The third-order valence-electron chi connectivity index (χ3n) is 4.80. The van der Waals surface area contributed by atoms with Gasteiger partial charge in [-0.25, -0.2) is 0 Å². The van der Waals surface area contributed by atoms with Crippen molar-refractivity contribution >= 4 is 23.0 Å². The number of hydrogen-bond acceptors (Lipinski definition) is 5. The van der Waals surface area contributed by atoms with Crippen LogP contribution in [0.2, 0.25) is 0 Å². The van der Waals surface area contributed by atoms with Gasteiger partial charge in [-0.15, -0.1) is 0 Å². The normalized spacial score (nSPS) is 16.1. The van der Waals surface area contributed by atoms with Gasteiger partial charge in [-0.05, 0) is 63.1 Å². The van der Waals surface area contributed by atoms with E-state index in [0.29, 0.717) is 5.69 Å². The van der Waals surface area contributed by atoms with Gasteiger partial charge in [0.1, 0.15) is 5.69 Å². The Morgan fingerprint density at radius 2 is 1.96 bits per heavy atom. The number of anilines is 3. The number of carbonyl (C=O) groups excluding carboxylic acids is 1. The summed E-state index contributed by atoms with van der Waals surface area (Å²) in [4.78, 5) is 19.0. The molecule has 2 heterocycles. The first-order valence-corrected chi connectivity index (χ1v) is 9.67. The number of hydrogen-bond donors (Lipinski definition) is 2. The molecule has 0 aliphatic carbocycles. The predicted octanol–water partition coefficient (Wildman–Crippen LogP) is 3.77. The Kier molecular flexibility index (Phi) is 6.65. The second kappa shape index (κ2) is 9.37. The zero-order valence-corrected chi connectivity index (χ0v) is 16.1. The van der Waals surface area contributed by atoms with Crippen LogP contribution in [-0.4, -0.2) is 43.2 Å². The van der Waals surface area contributed by atoms with Crippen LogP contribution in [0.3, 0.4) is 0 Å². The number of ether oxygens (including phenoxy) is 1. The van der Waals surface area contributed by atoms with Gasteiger partial charge in [0.05, 0.1) is 6.10 Å². The number of nitrogens with one attached hydrogen (secondary N) is 2. The summed E-state index contributed by atoms with van der Waals surface area (Å²) in [7, 11) is 0. The van der Waals surface area contributed by atoms with Crippen LogP contribution in [0, 0.1) is 0 Å². The van der Waals surface area contributed by atoms with Crippen LogP contribution in [0.5, 0.6) is 0 Å². The van der Waals surface area contributed by atoms with Crippen molar-refractivity contribution in [1.82, 2.24) is 4.98 Å². The van der Waals surface area contributed by atoms with Crippen molar-refractivity contribution in [2.24, 2.45) is 0 Å². The van der Waals surface area contributed by atoms with Crippen LogP contribution >= 0.6 is 0 Å². The smallest absolute Gasteiger partial charge is 0.274 e. The molecule has 2 N–H and O–H groups in total. The Labute approximate surface area is 160 Å². The number of pyridine rings is 1. The van der Waals surface area contributed by atoms with E-state index < -0.39 is 0 Å². The molecule has 6 heteroatoms. The minimum atomic E-state index is -0.216. The third-order valence-corrected chi connectivity index (χ3v) is 4.80. The fourth-order valence-electron chi connectivity index (χ4n) is 3.24. The molecule has 0 radical (unpaired) electrons. The van der Waals surface area contributed by atoms with Crippen LogP contribution in [0.15, 0.2) is 42.6 Å².